The minimum Gasteiger partial charge on any atom is -0.455 e. The van der Waals surface area contributed by atoms with Gasteiger partial charge in [-0.25, -0.2) is 0 Å². The van der Waals surface area contributed by atoms with Crippen molar-refractivity contribution in [1.29, 1.82) is 0 Å². The summed E-state index contributed by atoms with van der Waals surface area (Å²) in [5.74, 6) is -1.88. The van der Waals surface area contributed by atoms with E-state index in [0.717, 1.165) is 0 Å². The van der Waals surface area contributed by atoms with E-state index in [1.54, 1.807) is 0 Å². The Morgan fingerprint density at radius 2 is 1.48 bits per heavy atom. The summed E-state index contributed by atoms with van der Waals surface area (Å²) in [5.41, 5.74) is -2.99. The number of rotatable bonds is 3. The Bertz CT molecular complexity index is 590. The van der Waals surface area contributed by atoms with Crippen LogP contribution in [0.1, 0.15) is 46.5 Å². The molecule has 3 fully saturated rings. The molecule has 2 saturated heterocycles. The Labute approximate surface area is 144 Å². The molecule has 0 aromatic rings. The summed E-state index contributed by atoms with van der Waals surface area (Å²) in [7, 11) is 0. The lowest BCUT2D eigenvalue weighted by Gasteiger charge is -2.57. The zero-order valence-electron chi connectivity index (χ0n) is 14.4. The minimum atomic E-state index is -1.50. The number of hydrogen-bond acceptors (Lipinski definition) is 9. The highest BCUT2D eigenvalue weighted by Crippen LogP contribution is 2.56. The van der Waals surface area contributed by atoms with Crippen LogP contribution >= 0.6 is 0 Å². The molecule has 0 amide bonds. The van der Waals surface area contributed by atoms with Crippen LogP contribution in [-0.4, -0.2) is 59.0 Å². The van der Waals surface area contributed by atoms with Crippen LogP contribution in [0, 0.1) is 0 Å². The van der Waals surface area contributed by atoms with Crippen molar-refractivity contribution < 1.29 is 43.2 Å². The first-order valence-corrected chi connectivity index (χ1v) is 8.27. The largest absolute Gasteiger partial charge is 0.455 e. The van der Waals surface area contributed by atoms with E-state index < -0.39 is 53.9 Å². The van der Waals surface area contributed by atoms with Crippen LogP contribution in [0.25, 0.3) is 0 Å². The van der Waals surface area contributed by atoms with Crippen molar-refractivity contribution in [3.8, 4) is 0 Å². The molecule has 9 nitrogen and oxygen atoms in total. The van der Waals surface area contributed by atoms with Crippen LogP contribution < -0.4 is 0 Å². The lowest BCUT2D eigenvalue weighted by Crippen LogP contribution is -2.76. The first-order chi connectivity index (χ1) is 11.7. The van der Waals surface area contributed by atoms with Gasteiger partial charge in [0.05, 0.1) is 0 Å². The summed E-state index contributed by atoms with van der Waals surface area (Å²) in [5, 5.41) is 10.2. The Balaban J connectivity index is 2.17. The Morgan fingerprint density at radius 1 is 0.920 bits per heavy atom. The van der Waals surface area contributed by atoms with Gasteiger partial charge in [0.1, 0.15) is 0 Å². The predicted octanol–water partition coefficient (Wildman–Crippen LogP) is 0.169. The molecule has 2 aliphatic heterocycles. The zero-order valence-corrected chi connectivity index (χ0v) is 14.4. The van der Waals surface area contributed by atoms with Gasteiger partial charge in [-0.15, -0.1) is 0 Å². The van der Waals surface area contributed by atoms with Crippen molar-refractivity contribution in [3.05, 3.63) is 0 Å². The monoisotopic (exact) mass is 358 g/mol. The minimum absolute atomic E-state index is 0.279. The molecule has 0 radical (unpaired) electrons. The first-order valence-electron chi connectivity index (χ1n) is 8.27. The average Bonchev–Trinajstić information content (AvgIpc) is 2.84. The van der Waals surface area contributed by atoms with Gasteiger partial charge in [0, 0.05) is 20.8 Å². The van der Waals surface area contributed by atoms with E-state index in [9.17, 15) is 19.5 Å². The van der Waals surface area contributed by atoms with Crippen molar-refractivity contribution in [2.75, 3.05) is 0 Å². The molecule has 9 heteroatoms. The molecule has 0 spiro atoms. The molecular formula is C16H22O9. The van der Waals surface area contributed by atoms with E-state index >= 15 is 0 Å². The third-order valence-corrected chi connectivity index (χ3v) is 4.97. The fourth-order valence-electron chi connectivity index (χ4n) is 4.29. The smallest absolute Gasteiger partial charge is 0.303 e. The fraction of sp³-hybridized carbons (Fsp3) is 0.812. The highest BCUT2D eigenvalue weighted by atomic mass is 16.8. The Kier molecular flexibility index (Phi) is 4.50. The number of hydrogen-bond donors (Lipinski definition) is 1. The maximum absolute atomic E-state index is 11.9. The number of aliphatic hydroxyl groups is 1. The number of ether oxygens (including phenoxy) is 5. The van der Waals surface area contributed by atoms with Gasteiger partial charge in [0.25, 0.3) is 0 Å². The predicted molar refractivity (Wildman–Crippen MR) is 78.8 cm³/mol. The maximum Gasteiger partial charge on any atom is 0.303 e. The van der Waals surface area contributed by atoms with Crippen LogP contribution in [0.3, 0.4) is 0 Å². The number of esters is 3. The van der Waals surface area contributed by atoms with Gasteiger partial charge in [-0.3, -0.25) is 14.4 Å². The summed E-state index contributed by atoms with van der Waals surface area (Å²) >= 11 is 0. The average molecular weight is 358 g/mol. The molecule has 0 aromatic carbocycles. The lowest BCUT2D eigenvalue weighted by atomic mass is 9.65. The molecule has 0 unspecified atom stereocenters. The van der Waals surface area contributed by atoms with Crippen molar-refractivity contribution in [3.63, 3.8) is 0 Å². The molecule has 0 aromatic heterocycles. The highest BCUT2D eigenvalue weighted by Gasteiger charge is 2.76. The molecule has 25 heavy (non-hydrogen) atoms. The highest BCUT2D eigenvalue weighted by molar-refractivity contribution is 5.70. The van der Waals surface area contributed by atoms with Crippen molar-refractivity contribution in [2.45, 2.75) is 82.4 Å². The molecular weight excluding hydrogens is 336 g/mol. The molecule has 6 atom stereocenters. The van der Waals surface area contributed by atoms with Gasteiger partial charge in [0.15, 0.2) is 24.1 Å². The number of carbonyl (C=O) groups is 3. The molecule has 3 aliphatic rings. The van der Waals surface area contributed by atoms with Gasteiger partial charge in [-0.2, -0.15) is 0 Å². The topological polar surface area (TPSA) is 118 Å². The normalized spacial score (nSPS) is 42.2. The van der Waals surface area contributed by atoms with Gasteiger partial charge in [-0.1, -0.05) is 0 Å². The summed E-state index contributed by atoms with van der Waals surface area (Å²) in [6, 6.07) is 0. The second-order valence-corrected chi connectivity index (χ2v) is 6.66. The second kappa shape index (κ2) is 6.22. The van der Waals surface area contributed by atoms with Crippen molar-refractivity contribution in [2.24, 2.45) is 0 Å². The zero-order chi connectivity index (χ0) is 18.4. The number of carbonyl (C=O) groups excluding carboxylic acids is 3. The molecule has 2 bridgehead atoms. The van der Waals surface area contributed by atoms with E-state index in [0.29, 0.717) is 12.8 Å². The first kappa shape index (κ1) is 18.1. The van der Waals surface area contributed by atoms with Crippen LogP contribution in [0.5, 0.6) is 0 Å². The quantitative estimate of drug-likeness (QED) is 0.556. The SMILES string of the molecule is CC(=O)O[C@H]1[C@H]2O[C@@H](O[C@@H]2O)[C@]2(OC(C)=O)CCCC[C@@]12OC(C)=O. The Hall–Kier alpha value is -1.71. The summed E-state index contributed by atoms with van der Waals surface area (Å²) in [4.78, 5) is 35.4. The van der Waals surface area contributed by atoms with E-state index in [1.807, 2.05) is 0 Å². The molecule has 140 valence electrons. The second-order valence-electron chi connectivity index (χ2n) is 6.66. The van der Waals surface area contributed by atoms with Gasteiger partial charge in [-0.05, 0) is 25.7 Å². The van der Waals surface area contributed by atoms with Gasteiger partial charge >= 0.3 is 17.9 Å². The fourth-order valence-corrected chi connectivity index (χ4v) is 4.29. The number of aliphatic hydroxyl groups excluding tert-OH is 1. The van der Waals surface area contributed by atoms with E-state index in [-0.39, 0.29) is 12.8 Å². The van der Waals surface area contributed by atoms with Crippen molar-refractivity contribution >= 4 is 17.9 Å². The molecule has 1 aliphatic carbocycles. The van der Waals surface area contributed by atoms with Crippen molar-refractivity contribution in [1.82, 2.24) is 0 Å². The summed E-state index contributed by atoms with van der Waals surface area (Å²) in [6.45, 7) is 3.65. The van der Waals surface area contributed by atoms with E-state index in [4.69, 9.17) is 23.7 Å². The maximum atomic E-state index is 11.9. The van der Waals surface area contributed by atoms with Gasteiger partial charge in [0.2, 0.25) is 11.9 Å². The third kappa shape index (κ3) is 2.70. The van der Waals surface area contributed by atoms with Crippen LogP contribution in [-0.2, 0) is 38.1 Å². The standard InChI is InChI=1S/C16H22O9/c1-8(17)21-12-11-13(20)23-14(22-11)16(25-10(3)19)7-5-4-6-15(12,16)24-9(2)18/h11-14,20H,4-7H2,1-3H3/t11-,12+,13+,14+,15-,16-/m1/s1. The van der Waals surface area contributed by atoms with Crippen LogP contribution in [0.2, 0.25) is 0 Å². The Morgan fingerprint density at radius 3 is 2.04 bits per heavy atom. The van der Waals surface area contributed by atoms with Crippen LogP contribution in [0.15, 0.2) is 0 Å². The van der Waals surface area contributed by atoms with E-state index in [2.05, 4.69) is 0 Å². The number of fused-ring (bicyclic) bond motifs is 4. The van der Waals surface area contributed by atoms with E-state index in [1.165, 1.54) is 20.8 Å². The molecule has 1 N–H and O–H groups in total. The summed E-state index contributed by atoms with van der Waals surface area (Å²) < 4.78 is 27.8. The van der Waals surface area contributed by atoms with Crippen LogP contribution in [0.4, 0.5) is 0 Å². The third-order valence-electron chi connectivity index (χ3n) is 4.97. The van der Waals surface area contributed by atoms with Gasteiger partial charge < -0.3 is 28.8 Å². The molecule has 1 saturated carbocycles. The lowest BCUT2D eigenvalue weighted by molar-refractivity contribution is -0.341. The molecule has 2 heterocycles. The molecule has 3 rings (SSSR count). The summed E-state index contributed by atoms with van der Waals surface area (Å²) in [6.07, 6.45) is -2.86.